The molecule has 0 nitrogen and oxygen atoms in total. The van der Waals surface area contributed by atoms with Crippen molar-refractivity contribution >= 4 is 27.1 Å². The number of hydrogen-bond donors (Lipinski definition) is 0. The van der Waals surface area contributed by atoms with Crippen molar-refractivity contribution < 1.29 is 0 Å². The Morgan fingerprint density at radius 1 is 0.553 bits per heavy atom. The minimum Gasteiger partial charge on any atom is -0.0809 e. The summed E-state index contributed by atoms with van der Waals surface area (Å²) in [4.78, 5) is 0. The van der Waals surface area contributed by atoms with Crippen molar-refractivity contribution in [3.8, 4) is 0 Å². The van der Waals surface area contributed by atoms with E-state index in [9.17, 15) is 0 Å². The van der Waals surface area contributed by atoms with E-state index < -0.39 is 0 Å². The van der Waals surface area contributed by atoms with Gasteiger partial charge in [-0.25, -0.2) is 0 Å². The molecule has 0 N–H and O–H groups in total. The van der Waals surface area contributed by atoms with Gasteiger partial charge in [0.15, 0.2) is 0 Å². The fourth-order valence-corrected chi connectivity index (χ4v) is 5.46. The summed E-state index contributed by atoms with van der Waals surface area (Å²) in [6.45, 7) is 8.52. The lowest BCUT2D eigenvalue weighted by molar-refractivity contribution is 0.910. The molecule has 0 amide bonds. The fraction of sp³-hybridized carbons (Fsp3) is 0.158. The second kappa shape index (κ2) is 11.5. The summed E-state index contributed by atoms with van der Waals surface area (Å²) in [6.07, 6.45) is 9.36. The maximum Gasteiger partial charge on any atom is 0.0276 e. The molecule has 0 heterocycles. The van der Waals surface area contributed by atoms with Crippen LogP contribution in [-0.4, -0.2) is 0 Å². The van der Waals surface area contributed by atoms with Crippen LogP contribution >= 0.6 is 0 Å². The molecule has 1 aliphatic carbocycles. The van der Waals surface area contributed by atoms with E-state index in [4.69, 9.17) is 0 Å². The van der Waals surface area contributed by atoms with Gasteiger partial charge in [-0.3, -0.25) is 0 Å². The predicted molar refractivity (Wildman–Crippen MR) is 167 cm³/mol. The molecule has 0 aromatic heterocycles. The average Bonchev–Trinajstić information content (AvgIpc) is 2.97. The fourth-order valence-electron chi connectivity index (χ4n) is 5.46. The summed E-state index contributed by atoms with van der Waals surface area (Å²) < 4.78 is 0. The van der Waals surface area contributed by atoms with Crippen molar-refractivity contribution in [3.63, 3.8) is 0 Å². The minimum atomic E-state index is 0.169. The quantitative estimate of drug-likeness (QED) is 0.215. The van der Waals surface area contributed by atoms with E-state index in [2.05, 4.69) is 147 Å². The first kappa shape index (κ1) is 25.5. The van der Waals surface area contributed by atoms with Crippen LogP contribution in [0.25, 0.3) is 27.1 Å². The Bertz CT molecular complexity index is 1660. The SMILES string of the molecule is CC.CC1=C(/c2ccc3ccccc3c2)c2ccccc2C(c2ccc3ccccc3c2)C=CC(C)/C=C\1. The van der Waals surface area contributed by atoms with Crippen LogP contribution in [0.1, 0.15) is 55.9 Å². The van der Waals surface area contributed by atoms with E-state index in [1.165, 1.54) is 54.9 Å². The van der Waals surface area contributed by atoms with Gasteiger partial charge >= 0.3 is 0 Å². The zero-order valence-electron chi connectivity index (χ0n) is 22.9. The van der Waals surface area contributed by atoms with Crippen molar-refractivity contribution in [2.75, 3.05) is 0 Å². The maximum atomic E-state index is 2.40. The molecule has 0 aliphatic heterocycles. The van der Waals surface area contributed by atoms with Crippen LogP contribution in [0.3, 0.4) is 0 Å². The standard InChI is InChI=1S/C36H30.C2H6/c1-25-15-17-26(2)36(32-21-19-28-10-4-6-12-30(28)24-32)35-14-8-7-13-34(35)33(22-16-25)31-20-18-27-9-3-5-11-29(27)23-31;1-2/h3-25,33H,1-2H3;1-2H3/b17-15-,22-16?,36-26+;. The molecule has 5 aromatic carbocycles. The monoisotopic (exact) mass is 492 g/mol. The van der Waals surface area contributed by atoms with Gasteiger partial charge < -0.3 is 0 Å². The van der Waals surface area contributed by atoms with Crippen LogP contribution < -0.4 is 0 Å². The van der Waals surface area contributed by atoms with E-state index in [0.717, 1.165) is 0 Å². The zero-order valence-corrected chi connectivity index (χ0v) is 22.9. The molecule has 0 saturated heterocycles. The molecule has 0 bridgehead atoms. The van der Waals surface area contributed by atoms with Gasteiger partial charge in [-0.05, 0) is 73.9 Å². The van der Waals surface area contributed by atoms with Crippen LogP contribution in [0.5, 0.6) is 0 Å². The first-order valence-corrected chi connectivity index (χ1v) is 13.8. The minimum absolute atomic E-state index is 0.169. The van der Waals surface area contributed by atoms with Gasteiger partial charge in [0.2, 0.25) is 0 Å². The van der Waals surface area contributed by atoms with Crippen molar-refractivity contribution in [1.82, 2.24) is 0 Å². The molecule has 0 spiro atoms. The predicted octanol–water partition coefficient (Wildman–Crippen LogP) is 10.7. The van der Waals surface area contributed by atoms with Gasteiger partial charge in [0.1, 0.15) is 0 Å². The number of allylic oxidation sites excluding steroid dienone is 5. The summed E-state index contributed by atoms with van der Waals surface area (Å²) in [5.41, 5.74) is 7.82. The van der Waals surface area contributed by atoms with Gasteiger partial charge in [-0.15, -0.1) is 0 Å². The number of hydrogen-bond acceptors (Lipinski definition) is 0. The van der Waals surface area contributed by atoms with Crippen LogP contribution in [0.15, 0.2) is 139 Å². The van der Waals surface area contributed by atoms with Crippen molar-refractivity contribution in [2.45, 2.75) is 33.6 Å². The number of benzene rings is 5. The van der Waals surface area contributed by atoms with Crippen LogP contribution in [0, 0.1) is 5.92 Å². The molecule has 0 heteroatoms. The third kappa shape index (κ3) is 5.13. The molecule has 188 valence electrons. The van der Waals surface area contributed by atoms with Crippen LogP contribution in [0.2, 0.25) is 0 Å². The Labute approximate surface area is 227 Å². The highest BCUT2D eigenvalue weighted by Crippen LogP contribution is 2.39. The van der Waals surface area contributed by atoms with E-state index in [0.29, 0.717) is 5.92 Å². The average molecular weight is 493 g/mol. The molecule has 6 rings (SSSR count). The van der Waals surface area contributed by atoms with E-state index in [1.54, 1.807) is 0 Å². The zero-order chi connectivity index (χ0) is 26.5. The molecule has 0 radical (unpaired) electrons. The largest absolute Gasteiger partial charge is 0.0809 e. The molecular formula is C38H36. The first-order chi connectivity index (χ1) is 18.7. The molecule has 0 fully saturated rings. The molecule has 5 aromatic rings. The number of fused-ring (bicyclic) bond motifs is 3. The van der Waals surface area contributed by atoms with E-state index in [1.807, 2.05) is 13.8 Å². The summed E-state index contributed by atoms with van der Waals surface area (Å²) in [5, 5.41) is 5.11. The Hall–Kier alpha value is -4.16. The van der Waals surface area contributed by atoms with Gasteiger partial charge in [0.05, 0.1) is 0 Å². The second-order valence-electron chi connectivity index (χ2n) is 9.89. The van der Waals surface area contributed by atoms with Crippen molar-refractivity contribution in [3.05, 3.63) is 161 Å². The number of rotatable bonds is 2. The first-order valence-electron chi connectivity index (χ1n) is 13.8. The third-order valence-corrected chi connectivity index (χ3v) is 7.39. The van der Waals surface area contributed by atoms with E-state index in [-0.39, 0.29) is 5.92 Å². The Kier molecular flexibility index (Phi) is 7.70. The molecular weight excluding hydrogens is 456 g/mol. The van der Waals surface area contributed by atoms with E-state index >= 15 is 0 Å². The summed E-state index contributed by atoms with van der Waals surface area (Å²) in [7, 11) is 0. The Morgan fingerprint density at radius 2 is 1.16 bits per heavy atom. The van der Waals surface area contributed by atoms with Crippen LogP contribution in [0.4, 0.5) is 0 Å². The highest BCUT2D eigenvalue weighted by atomic mass is 14.2. The molecule has 2 unspecified atom stereocenters. The summed E-state index contributed by atoms with van der Waals surface area (Å²) in [5.74, 6) is 0.522. The van der Waals surface area contributed by atoms with Crippen molar-refractivity contribution in [1.29, 1.82) is 0 Å². The molecule has 2 atom stereocenters. The smallest absolute Gasteiger partial charge is 0.0276 e. The lowest BCUT2D eigenvalue weighted by Crippen LogP contribution is -2.05. The highest BCUT2D eigenvalue weighted by molar-refractivity contribution is 5.92. The van der Waals surface area contributed by atoms with Gasteiger partial charge in [0, 0.05) is 5.92 Å². The molecule has 1 aliphatic rings. The lowest BCUT2D eigenvalue weighted by Gasteiger charge is -2.23. The topological polar surface area (TPSA) is 0 Å². The second-order valence-corrected chi connectivity index (χ2v) is 9.89. The Morgan fingerprint density at radius 3 is 1.89 bits per heavy atom. The summed E-state index contributed by atoms with van der Waals surface area (Å²) in [6, 6.07) is 40.0. The van der Waals surface area contributed by atoms with Crippen molar-refractivity contribution in [2.24, 2.45) is 5.92 Å². The summed E-state index contributed by atoms with van der Waals surface area (Å²) >= 11 is 0. The third-order valence-electron chi connectivity index (χ3n) is 7.39. The highest BCUT2D eigenvalue weighted by Gasteiger charge is 2.20. The Balaban J connectivity index is 0.00000144. The molecule has 38 heavy (non-hydrogen) atoms. The van der Waals surface area contributed by atoms with Crippen LogP contribution in [-0.2, 0) is 0 Å². The normalized spacial score (nSPS) is 19.9. The van der Waals surface area contributed by atoms with Gasteiger partial charge in [-0.2, -0.15) is 0 Å². The molecule has 0 saturated carbocycles. The lowest BCUT2D eigenvalue weighted by atomic mass is 9.81. The van der Waals surface area contributed by atoms with Gasteiger partial charge in [0.25, 0.3) is 0 Å². The van der Waals surface area contributed by atoms with Gasteiger partial charge in [-0.1, -0.05) is 148 Å². The maximum absolute atomic E-state index is 2.40.